The highest BCUT2D eigenvalue weighted by atomic mass is 79.9. The van der Waals surface area contributed by atoms with Crippen LogP contribution in [0.2, 0.25) is 0 Å². The molecule has 31 heavy (non-hydrogen) atoms. The Morgan fingerprint density at radius 2 is 1.77 bits per heavy atom. The lowest BCUT2D eigenvalue weighted by Gasteiger charge is -2.26. The lowest BCUT2D eigenvalue weighted by Crippen LogP contribution is -2.54. The van der Waals surface area contributed by atoms with Gasteiger partial charge >= 0.3 is 6.03 Å². The number of anilines is 1. The second-order valence-electron chi connectivity index (χ2n) is 6.63. The fourth-order valence-corrected chi connectivity index (χ4v) is 3.56. The molecule has 0 aliphatic carbocycles. The number of imide groups is 2. The second-order valence-corrected chi connectivity index (χ2v) is 7.54. The maximum absolute atomic E-state index is 13.2. The molecule has 1 saturated heterocycles. The van der Waals surface area contributed by atoms with Gasteiger partial charge in [-0.2, -0.15) is 0 Å². The maximum atomic E-state index is 13.2. The molecule has 4 rings (SSSR count). The first-order valence-corrected chi connectivity index (χ1v) is 10.0. The Morgan fingerprint density at radius 1 is 1.03 bits per heavy atom. The number of ether oxygens (including phenoxy) is 1. The number of hydrogen-bond acceptors (Lipinski definition) is 4. The number of urea groups is 1. The summed E-state index contributed by atoms with van der Waals surface area (Å²) >= 11 is 3.32. The zero-order valence-corrected chi connectivity index (χ0v) is 17.7. The van der Waals surface area contributed by atoms with Crippen molar-refractivity contribution in [3.8, 4) is 18.1 Å². The van der Waals surface area contributed by atoms with Crippen LogP contribution < -0.4 is 15.0 Å². The van der Waals surface area contributed by atoms with E-state index in [9.17, 15) is 14.4 Å². The smallest absolute Gasteiger partial charge is 0.335 e. The molecule has 0 spiro atoms. The molecule has 1 aliphatic heterocycles. The molecule has 1 fully saturated rings. The molecule has 1 heterocycles. The van der Waals surface area contributed by atoms with Gasteiger partial charge in [0.15, 0.2) is 0 Å². The highest BCUT2D eigenvalue weighted by molar-refractivity contribution is 9.10. The SMILES string of the molecule is C#CCOc1ccc2ccccc2c1/C=C1\C(=O)NC(=O)N(c2ccc(Br)cc2)C1=O. The molecule has 6 nitrogen and oxygen atoms in total. The third-order valence-electron chi connectivity index (χ3n) is 4.72. The minimum atomic E-state index is -0.809. The van der Waals surface area contributed by atoms with E-state index >= 15 is 0 Å². The van der Waals surface area contributed by atoms with Gasteiger partial charge in [-0.1, -0.05) is 52.2 Å². The number of amides is 4. The van der Waals surface area contributed by atoms with E-state index in [1.54, 1.807) is 30.3 Å². The van der Waals surface area contributed by atoms with Crippen LogP contribution in [0.1, 0.15) is 5.56 Å². The third kappa shape index (κ3) is 3.93. The van der Waals surface area contributed by atoms with Gasteiger partial charge in [0.25, 0.3) is 11.8 Å². The number of rotatable bonds is 4. The van der Waals surface area contributed by atoms with E-state index in [2.05, 4.69) is 27.2 Å². The number of terminal acetylenes is 1. The first-order valence-electron chi connectivity index (χ1n) is 9.24. The fraction of sp³-hybridized carbons (Fsp3) is 0.0417. The van der Waals surface area contributed by atoms with E-state index < -0.39 is 17.8 Å². The Morgan fingerprint density at radius 3 is 2.52 bits per heavy atom. The number of nitrogens with zero attached hydrogens (tertiary/aromatic N) is 1. The van der Waals surface area contributed by atoms with Gasteiger partial charge in [-0.05, 0) is 47.2 Å². The first-order chi connectivity index (χ1) is 15.0. The predicted molar refractivity (Wildman–Crippen MR) is 121 cm³/mol. The maximum Gasteiger partial charge on any atom is 0.335 e. The number of barbiturate groups is 1. The fourth-order valence-electron chi connectivity index (χ4n) is 3.30. The van der Waals surface area contributed by atoms with Gasteiger partial charge in [0, 0.05) is 10.0 Å². The molecule has 0 unspecified atom stereocenters. The van der Waals surface area contributed by atoms with Crippen LogP contribution in [0.15, 0.2) is 70.7 Å². The summed E-state index contributed by atoms with van der Waals surface area (Å²) in [6.07, 6.45) is 6.75. The number of fused-ring (bicyclic) bond motifs is 1. The lowest BCUT2D eigenvalue weighted by atomic mass is 9.99. The Balaban J connectivity index is 1.85. The number of hydrogen-bond donors (Lipinski definition) is 1. The summed E-state index contributed by atoms with van der Waals surface area (Å²) in [6.45, 7) is 0.0260. The van der Waals surface area contributed by atoms with Crippen LogP contribution in [-0.2, 0) is 9.59 Å². The van der Waals surface area contributed by atoms with Crippen LogP contribution in [0.3, 0.4) is 0 Å². The zero-order chi connectivity index (χ0) is 22.0. The number of halogens is 1. The van der Waals surface area contributed by atoms with E-state index in [1.165, 1.54) is 6.08 Å². The average molecular weight is 475 g/mol. The molecule has 0 radical (unpaired) electrons. The van der Waals surface area contributed by atoms with Crippen molar-refractivity contribution in [2.24, 2.45) is 0 Å². The molecular weight excluding hydrogens is 460 g/mol. The molecule has 3 aromatic carbocycles. The topological polar surface area (TPSA) is 75.7 Å². The van der Waals surface area contributed by atoms with Crippen molar-refractivity contribution in [1.82, 2.24) is 5.32 Å². The van der Waals surface area contributed by atoms with Crippen LogP contribution in [-0.4, -0.2) is 24.5 Å². The van der Waals surface area contributed by atoms with Crippen molar-refractivity contribution in [3.63, 3.8) is 0 Å². The van der Waals surface area contributed by atoms with E-state index in [1.807, 2.05) is 30.3 Å². The Hall–Kier alpha value is -3.89. The van der Waals surface area contributed by atoms with Gasteiger partial charge in [-0.3, -0.25) is 14.9 Å². The van der Waals surface area contributed by atoms with Gasteiger partial charge in [0.1, 0.15) is 17.9 Å². The highest BCUT2D eigenvalue weighted by Gasteiger charge is 2.37. The van der Waals surface area contributed by atoms with Crippen molar-refractivity contribution in [2.75, 3.05) is 11.5 Å². The second kappa shape index (κ2) is 8.46. The minimum absolute atomic E-state index is 0.0260. The Bertz CT molecular complexity index is 1290. The molecular formula is C24H15BrN2O4. The average Bonchev–Trinajstić information content (AvgIpc) is 2.76. The summed E-state index contributed by atoms with van der Waals surface area (Å²) in [4.78, 5) is 39.1. The summed E-state index contributed by atoms with van der Waals surface area (Å²) in [5.74, 6) is 1.33. The van der Waals surface area contributed by atoms with Gasteiger partial charge in [-0.15, -0.1) is 6.42 Å². The van der Waals surface area contributed by atoms with Gasteiger partial charge < -0.3 is 4.74 Å². The molecule has 1 N–H and O–H groups in total. The third-order valence-corrected chi connectivity index (χ3v) is 5.25. The molecule has 7 heteroatoms. The van der Waals surface area contributed by atoms with Gasteiger partial charge in [0.05, 0.1) is 5.69 Å². The first kappa shape index (κ1) is 20.4. The molecule has 1 aliphatic rings. The minimum Gasteiger partial charge on any atom is -0.480 e. The molecule has 0 aromatic heterocycles. The lowest BCUT2D eigenvalue weighted by molar-refractivity contribution is -0.122. The molecule has 3 aromatic rings. The number of carbonyl (C=O) groups is 3. The Labute approximate surface area is 186 Å². The van der Waals surface area contributed by atoms with Crippen molar-refractivity contribution in [1.29, 1.82) is 0 Å². The van der Waals surface area contributed by atoms with Gasteiger partial charge in [0.2, 0.25) is 0 Å². The van der Waals surface area contributed by atoms with Crippen molar-refractivity contribution >= 4 is 56.3 Å². The summed E-state index contributed by atoms with van der Waals surface area (Å²) in [5.41, 5.74) is 0.673. The van der Waals surface area contributed by atoms with E-state index in [-0.39, 0.29) is 12.2 Å². The van der Waals surface area contributed by atoms with Crippen LogP contribution in [0.4, 0.5) is 10.5 Å². The van der Waals surface area contributed by atoms with Crippen LogP contribution in [0.5, 0.6) is 5.75 Å². The summed E-state index contributed by atoms with van der Waals surface area (Å²) in [6, 6.07) is 16.9. The van der Waals surface area contributed by atoms with Crippen LogP contribution in [0, 0.1) is 12.3 Å². The zero-order valence-electron chi connectivity index (χ0n) is 16.1. The predicted octanol–water partition coefficient (Wildman–Crippen LogP) is 4.28. The monoisotopic (exact) mass is 474 g/mol. The van der Waals surface area contributed by atoms with Crippen molar-refractivity contribution < 1.29 is 19.1 Å². The van der Waals surface area contributed by atoms with E-state index in [4.69, 9.17) is 11.2 Å². The van der Waals surface area contributed by atoms with Crippen LogP contribution >= 0.6 is 15.9 Å². The highest BCUT2D eigenvalue weighted by Crippen LogP contribution is 2.32. The Kier molecular flexibility index (Phi) is 5.56. The van der Waals surface area contributed by atoms with Crippen molar-refractivity contribution in [3.05, 3.63) is 76.3 Å². The number of carbonyl (C=O) groups excluding carboxylic acids is 3. The van der Waals surface area contributed by atoms with Crippen molar-refractivity contribution in [2.45, 2.75) is 0 Å². The van der Waals surface area contributed by atoms with Gasteiger partial charge in [-0.25, -0.2) is 9.69 Å². The van der Waals surface area contributed by atoms with E-state index in [0.29, 0.717) is 17.0 Å². The summed E-state index contributed by atoms with van der Waals surface area (Å²) in [5, 5.41) is 3.90. The largest absolute Gasteiger partial charge is 0.480 e. The van der Waals surface area contributed by atoms with Crippen LogP contribution in [0.25, 0.3) is 16.8 Å². The normalized spacial score (nSPS) is 15.2. The molecule has 0 atom stereocenters. The summed E-state index contributed by atoms with van der Waals surface area (Å²) in [7, 11) is 0. The van der Waals surface area contributed by atoms with E-state index in [0.717, 1.165) is 20.1 Å². The molecule has 0 bridgehead atoms. The molecule has 152 valence electrons. The number of benzene rings is 3. The standard InChI is InChI=1S/C24H15BrN2O4/c1-2-13-31-21-12-7-15-5-3-4-6-18(15)19(21)14-20-22(28)26-24(30)27(23(20)29)17-10-8-16(25)9-11-17/h1,3-12,14H,13H2,(H,26,28,30)/b20-14+. The number of nitrogens with one attached hydrogen (secondary N) is 1. The molecule has 4 amide bonds. The molecule has 0 saturated carbocycles. The summed E-state index contributed by atoms with van der Waals surface area (Å²) < 4.78 is 6.43. The quantitative estimate of drug-likeness (QED) is 0.347.